The van der Waals surface area contributed by atoms with E-state index in [0.717, 1.165) is 37.1 Å². The Morgan fingerprint density at radius 2 is 2.12 bits per heavy atom. The van der Waals surface area contributed by atoms with Crippen LogP contribution in [0.25, 0.3) is 0 Å². The monoisotopic (exact) mass is 245 g/mol. The SMILES string of the molecule is OCc1cc(C(F)(F)F)ccc1[C@H]1CCCN1. The van der Waals surface area contributed by atoms with Gasteiger partial charge in [-0.15, -0.1) is 0 Å². The molecule has 94 valence electrons. The lowest BCUT2D eigenvalue weighted by Gasteiger charge is -2.17. The van der Waals surface area contributed by atoms with E-state index in [2.05, 4.69) is 5.32 Å². The second kappa shape index (κ2) is 4.66. The van der Waals surface area contributed by atoms with E-state index in [1.165, 1.54) is 6.07 Å². The summed E-state index contributed by atoms with van der Waals surface area (Å²) >= 11 is 0. The van der Waals surface area contributed by atoms with Crippen LogP contribution in [0.4, 0.5) is 13.2 Å². The number of alkyl halides is 3. The Labute approximate surface area is 97.5 Å². The molecule has 2 rings (SSSR count). The van der Waals surface area contributed by atoms with Gasteiger partial charge in [-0.1, -0.05) is 6.07 Å². The van der Waals surface area contributed by atoms with Gasteiger partial charge in [0, 0.05) is 6.04 Å². The summed E-state index contributed by atoms with van der Waals surface area (Å²) in [6, 6.07) is 3.65. The summed E-state index contributed by atoms with van der Waals surface area (Å²) in [6.45, 7) is 0.508. The molecule has 17 heavy (non-hydrogen) atoms. The Balaban J connectivity index is 2.34. The lowest BCUT2D eigenvalue weighted by atomic mass is 9.97. The zero-order valence-electron chi connectivity index (χ0n) is 9.22. The van der Waals surface area contributed by atoms with Gasteiger partial charge in [-0.2, -0.15) is 13.2 Å². The van der Waals surface area contributed by atoms with Crippen LogP contribution >= 0.6 is 0 Å². The highest BCUT2D eigenvalue weighted by Gasteiger charge is 2.31. The van der Waals surface area contributed by atoms with Gasteiger partial charge in [-0.3, -0.25) is 0 Å². The van der Waals surface area contributed by atoms with Crippen molar-refractivity contribution in [1.82, 2.24) is 5.32 Å². The Hall–Kier alpha value is -1.07. The summed E-state index contributed by atoms with van der Waals surface area (Å²) in [7, 11) is 0. The van der Waals surface area contributed by atoms with E-state index < -0.39 is 11.7 Å². The third kappa shape index (κ3) is 2.61. The van der Waals surface area contributed by atoms with Crippen molar-refractivity contribution < 1.29 is 18.3 Å². The second-order valence-corrected chi connectivity index (χ2v) is 4.22. The van der Waals surface area contributed by atoms with E-state index in [0.29, 0.717) is 5.56 Å². The van der Waals surface area contributed by atoms with Crippen molar-refractivity contribution in [2.75, 3.05) is 6.54 Å². The predicted molar refractivity (Wildman–Crippen MR) is 57.3 cm³/mol. The number of hydrogen-bond acceptors (Lipinski definition) is 2. The first-order valence-electron chi connectivity index (χ1n) is 5.56. The number of halogens is 3. The van der Waals surface area contributed by atoms with Crippen LogP contribution < -0.4 is 5.32 Å². The standard InChI is InChI=1S/C12H14F3NO/c13-12(14,15)9-3-4-10(8(6-9)7-17)11-2-1-5-16-11/h3-4,6,11,16-17H,1-2,5,7H2/t11-/m1/s1. The molecule has 0 aromatic heterocycles. The van der Waals surface area contributed by atoms with Crippen molar-refractivity contribution in [1.29, 1.82) is 0 Å². The first kappa shape index (κ1) is 12.4. The molecule has 0 radical (unpaired) electrons. The summed E-state index contributed by atoms with van der Waals surface area (Å²) < 4.78 is 37.5. The van der Waals surface area contributed by atoms with Gasteiger partial charge in [0.1, 0.15) is 0 Å². The number of aliphatic hydroxyl groups excluding tert-OH is 1. The number of aliphatic hydroxyl groups is 1. The molecule has 1 saturated heterocycles. The topological polar surface area (TPSA) is 32.3 Å². The molecule has 0 amide bonds. The molecule has 2 nitrogen and oxygen atoms in total. The largest absolute Gasteiger partial charge is 0.416 e. The quantitative estimate of drug-likeness (QED) is 0.839. The Morgan fingerprint density at radius 3 is 2.65 bits per heavy atom. The third-order valence-corrected chi connectivity index (χ3v) is 3.08. The summed E-state index contributed by atoms with van der Waals surface area (Å²) in [6.07, 6.45) is -2.44. The molecule has 0 aliphatic carbocycles. The highest BCUT2D eigenvalue weighted by Crippen LogP contribution is 2.33. The Bertz CT molecular complexity index is 397. The van der Waals surface area contributed by atoms with Gasteiger partial charge in [0.05, 0.1) is 12.2 Å². The maximum Gasteiger partial charge on any atom is 0.416 e. The lowest BCUT2D eigenvalue weighted by Crippen LogP contribution is -2.16. The van der Waals surface area contributed by atoms with Gasteiger partial charge in [-0.05, 0) is 42.6 Å². The summed E-state index contributed by atoms with van der Waals surface area (Å²) in [5.41, 5.74) is 0.431. The summed E-state index contributed by atoms with van der Waals surface area (Å²) in [5, 5.41) is 12.4. The van der Waals surface area contributed by atoms with Crippen LogP contribution in [0.5, 0.6) is 0 Å². The molecule has 1 heterocycles. The molecular formula is C12H14F3NO. The van der Waals surface area contributed by atoms with Gasteiger partial charge in [0.2, 0.25) is 0 Å². The molecule has 1 aliphatic rings. The minimum Gasteiger partial charge on any atom is -0.392 e. The molecule has 1 atom stereocenters. The van der Waals surface area contributed by atoms with Gasteiger partial charge in [-0.25, -0.2) is 0 Å². The van der Waals surface area contributed by atoms with E-state index in [4.69, 9.17) is 0 Å². The van der Waals surface area contributed by atoms with Crippen LogP contribution in [0.3, 0.4) is 0 Å². The first-order valence-corrected chi connectivity index (χ1v) is 5.56. The number of rotatable bonds is 2. The molecule has 1 aromatic rings. The van der Waals surface area contributed by atoms with Crippen LogP contribution in [0.2, 0.25) is 0 Å². The fraction of sp³-hybridized carbons (Fsp3) is 0.500. The number of benzene rings is 1. The normalized spacial score (nSPS) is 20.8. The molecule has 1 fully saturated rings. The first-order chi connectivity index (χ1) is 8.02. The minimum absolute atomic E-state index is 0.0689. The van der Waals surface area contributed by atoms with Crippen molar-refractivity contribution in [3.63, 3.8) is 0 Å². The molecule has 5 heteroatoms. The highest BCUT2D eigenvalue weighted by molar-refractivity contribution is 5.35. The zero-order chi connectivity index (χ0) is 12.5. The molecule has 1 aliphatic heterocycles. The zero-order valence-corrected chi connectivity index (χ0v) is 9.22. The molecule has 0 saturated carbocycles. The number of hydrogen-bond donors (Lipinski definition) is 2. The van der Waals surface area contributed by atoms with Crippen molar-refractivity contribution in [2.24, 2.45) is 0 Å². The average molecular weight is 245 g/mol. The third-order valence-electron chi connectivity index (χ3n) is 3.08. The van der Waals surface area contributed by atoms with Gasteiger partial charge in [0.25, 0.3) is 0 Å². The van der Waals surface area contributed by atoms with E-state index >= 15 is 0 Å². The van der Waals surface area contributed by atoms with Crippen molar-refractivity contribution in [3.8, 4) is 0 Å². The van der Waals surface area contributed by atoms with Gasteiger partial charge < -0.3 is 10.4 Å². The van der Waals surface area contributed by atoms with E-state index in [1.54, 1.807) is 0 Å². The van der Waals surface area contributed by atoms with Crippen molar-refractivity contribution in [3.05, 3.63) is 34.9 Å². The highest BCUT2D eigenvalue weighted by atomic mass is 19.4. The molecule has 2 N–H and O–H groups in total. The van der Waals surface area contributed by atoms with Gasteiger partial charge in [0.15, 0.2) is 0 Å². The van der Waals surface area contributed by atoms with Crippen molar-refractivity contribution in [2.45, 2.75) is 31.7 Å². The fourth-order valence-electron chi connectivity index (χ4n) is 2.21. The molecule has 0 unspecified atom stereocenters. The van der Waals surface area contributed by atoms with Gasteiger partial charge >= 0.3 is 6.18 Å². The maximum atomic E-state index is 12.5. The molecule has 0 bridgehead atoms. The average Bonchev–Trinajstić information content (AvgIpc) is 2.80. The lowest BCUT2D eigenvalue weighted by molar-refractivity contribution is -0.137. The van der Waals surface area contributed by atoms with Crippen LogP contribution in [0.15, 0.2) is 18.2 Å². The minimum atomic E-state index is -4.36. The van der Waals surface area contributed by atoms with E-state index in [9.17, 15) is 18.3 Å². The summed E-state index contributed by atoms with van der Waals surface area (Å²) in [4.78, 5) is 0. The number of nitrogens with one attached hydrogen (secondary N) is 1. The van der Waals surface area contributed by atoms with Crippen LogP contribution in [-0.4, -0.2) is 11.7 Å². The second-order valence-electron chi connectivity index (χ2n) is 4.22. The molecule has 1 aromatic carbocycles. The van der Waals surface area contributed by atoms with E-state index in [1.807, 2.05) is 0 Å². The molecular weight excluding hydrogens is 231 g/mol. The van der Waals surface area contributed by atoms with E-state index in [-0.39, 0.29) is 12.6 Å². The fourth-order valence-corrected chi connectivity index (χ4v) is 2.21. The smallest absolute Gasteiger partial charge is 0.392 e. The van der Waals surface area contributed by atoms with Crippen LogP contribution in [-0.2, 0) is 12.8 Å². The van der Waals surface area contributed by atoms with Crippen LogP contribution in [0.1, 0.15) is 35.6 Å². The molecule has 0 spiro atoms. The Morgan fingerprint density at radius 1 is 1.35 bits per heavy atom. The predicted octanol–water partition coefficient (Wildman–Crippen LogP) is 2.62. The summed E-state index contributed by atoms with van der Waals surface area (Å²) in [5.74, 6) is 0. The maximum absolute atomic E-state index is 12.5. The van der Waals surface area contributed by atoms with Crippen LogP contribution in [0, 0.1) is 0 Å². The van der Waals surface area contributed by atoms with Crippen molar-refractivity contribution >= 4 is 0 Å². The Kier molecular flexibility index (Phi) is 3.40.